The number of anilines is 1. The van der Waals surface area contributed by atoms with Crippen LogP contribution >= 0.6 is 0 Å². The molecule has 2 unspecified atom stereocenters. The summed E-state index contributed by atoms with van der Waals surface area (Å²) in [6.45, 7) is 5.12. The van der Waals surface area contributed by atoms with E-state index in [1.807, 2.05) is 18.2 Å². The van der Waals surface area contributed by atoms with Crippen molar-refractivity contribution in [3.63, 3.8) is 0 Å². The average molecular weight is 283 g/mol. The highest BCUT2D eigenvalue weighted by molar-refractivity contribution is 7.87. The van der Waals surface area contributed by atoms with Crippen molar-refractivity contribution >= 4 is 15.9 Å². The fourth-order valence-corrected chi connectivity index (χ4v) is 3.79. The van der Waals surface area contributed by atoms with Gasteiger partial charge in [0.15, 0.2) is 0 Å². The van der Waals surface area contributed by atoms with E-state index in [-0.39, 0.29) is 12.1 Å². The van der Waals surface area contributed by atoms with E-state index >= 15 is 0 Å². The summed E-state index contributed by atoms with van der Waals surface area (Å²) in [4.78, 5) is 2.28. The number of rotatable bonds is 3. The highest BCUT2D eigenvalue weighted by Gasteiger charge is 2.34. The molecule has 1 aromatic carbocycles. The van der Waals surface area contributed by atoms with Gasteiger partial charge in [-0.3, -0.25) is 0 Å². The third-order valence-electron chi connectivity index (χ3n) is 3.54. The van der Waals surface area contributed by atoms with Crippen molar-refractivity contribution < 1.29 is 8.42 Å². The minimum Gasteiger partial charge on any atom is -0.363 e. The predicted molar refractivity (Wildman–Crippen MR) is 77.4 cm³/mol. The Balaban J connectivity index is 2.21. The molecule has 19 heavy (non-hydrogen) atoms. The molecule has 6 heteroatoms. The van der Waals surface area contributed by atoms with Crippen molar-refractivity contribution in [1.29, 1.82) is 0 Å². The van der Waals surface area contributed by atoms with Crippen LogP contribution in [0.2, 0.25) is 0 Å². The Kier molecular flexibility index (Phi) is 4.13. The second-order valence-corrected chi connectivity index (χ2v) is 6.84. The first kappa shape index (κ1) is 14.3. The zero-order chi connectivity index (χ0) is 14.0. The first-order chi connectivity index (χ1) is 8.95. The molecule has 2 rings (SSSR count). The van der Waals surface area contributed by atoms with Gasteiger partial charge in [0.2, 0.25) is 0 Å². The van der Waals surface area contributed by atoms with Crippen molar-refractivity contribution in [2.24, 2.45) is 0 Å². The molecular weight excluding hydrogens is 262 g/mol. The number of benzene rings is 1. The maximum atomic E-state index is 11.9. The van der Waals surface area contributed by atoms with Crippen LogP contribution in [0, 0.1) is 0 Å². The lowest BCUT2D eigenvalue weighted by Crippen LogP contribution is -2.59. The van der Waals surface area contributed by atoms with Gasteiger partial charge in [0, 0.05) is 37.9 Å². The van der Waals surface area contributed by atoms with Crippen LogP contribution < -0.4 is 9.62 Å². The summed E-state index contributed by atoms with van der Waals surface area (Å²) in [6.07, 6.45) is 0. The fourth-order valence-electron chi connectivity index (χ4n) is 2.71. The number of hydrogen-bond acceptors (Lipinski definition) is 3. The summed E-state index contributed by atoms with van der Waals surface area (Å²) in [6, 6.07) is 10.4. The van der Waals surface area contributed by atoms with E-state index in [4.69, 9.17) is 0 Å². The van der Waals surface area contributed by atoms with Crippen LogP contribution in [0.15, 0.2) is 30.3 Å². The Hall–Kier alpha value is -1.11. The van der Waals surface area contributed by atoms with Crippen molar-refractivity contribution in [3.05, 3.63) is 30.3 Å². The lowest BCUT2D eigenvalue weighted by atomic mass is 10.1. The summed E-state index contributed by atoms with van der Waals surface area (Å²) in [5.74, 6) is 0. The Bertz CT molecular complexity index is 506. The van der Waals surface area contributed by atoms with E-state index in [9.17, 15) is 8.42 Å². The number of nitrogens with zero attached hydrogens (tertiary/aromatic N) is 2. The topological polar surface area (TPSA) is 52.7 Å². The molecule has 0 spiro atoms. The van der Waals surface area contributed by atoms with Crippen LogP contribution in [-0.4, -0.2) is 44.9 Å². The number of piperazine rings is 1. The van der Waals surface area contributed by atoms with Gasteiger partial charge in [-0.05, 0) is 26.0 Å². The minimum atomic E-state index is -3.34. The molecule has 1 aliphatic rings. The Morgan fingerprint density at radius 1 is 1.11 bits per heavy atom. The lowest BCUT2D eigenvalue weighted by molar-refractivity contribution is 0.299. The SMILES string of the molecule is CNS(=O)(=O)N1CC(C)N(c2ccccc2)C(C)C1. The standard InChI is InChI=1S/C13H21N3O2S/c1-11-9-15(19(17,18)14-3)10-12(2)16(11)13-7-5-4-6-8-13/h4-8,11-12,14H,9-10H2,1-3H3. The molecule has 1 aliphatic heterocycles. The number of hydrogen-bond donors (Lipinski definition) is 1. The molecule has 1 saturated heterocycles. The molecule has 5 nitrogen and oxygen atoms in total. The van der Waals surface area contributed by atoms with E-state index in [0.717, 1.165) is 5.69 Å². The molecule has 0 aromatic heterocycles. The minimum absolute atomic E-state index is 0.147. The highest BCUT2D eigenvalue weighted by Crippen LogP contribution is 2.25. The molecule has 106 valence electrons. The largest absolute Gasteiger partial charge is 0.363 e. The van der Waals surface area contributed by atoms with E-state index in [0.29, 0.717) is 13.1 Å². The van der Waals surface area contributed by atoms with Crippen molar-refractivity contribution in [3.8, 4) is 0 Å². The third-order valence-corrected chi connectivity index (χ3v) is 5.03. The summed E-state index contributed by atoms with van der Waals surface area (Å²) >= 11 is 0. The van der Waals surface area contributed by atoms with E-state index in [1.165, 1.54) is 11.4 Å². The number of para-hydroxylation sites is 1. The Morgan fingerprint density at radius 2 is 1.63 bits per heavy atom. The van der Waals surface area contributed by atoms with Crippen LogP contribution in [0.3, 0.4) is 0 Å². The van der Waals surface area contributed by atoms with Gasteiger partial charge in [0.1, 0.15) is 0 Å². The zero-order valence-corrected chi connectivity index (χ0v) is 12.4. The summed E-state index contributed by atoms with van der Waals surface area (Å²) in [5.41, 5.74) is 1.14. The molecule has 1 N–H and O–H groups in total. The monoisotopic (exact) mass is 283 g/mol. The van der Waals surface area contributed by atoms with Gasteiger partial charge in [-0.2, -0.15) is 12.7 Å². The molecule has 2 atom stereocenters. The van der Waals surface area contributed by atoms with Crippen LogP contribution in [0.25, 0.3) is 0 Å². The molecule has 0 bridgehead atoms. The third kappa shape index (κ3) is 2.91. The van der Waals surface area contributed by atoms with Crippen molar-refractivity contribution in [2.45, 2.75) is 25.9 Å². The van der Waals surface area contributed by atoms with Crippen LogP contribution in [0.1, 0.15) is 13.8 Å². The van der Waals surface area contributed by atoms with Gasteiger partial charge >= 0.3 is 0 Å². The summed E-state index contributed by atoms with van der Waals surface area (Å²) in [5, 5.41) is 0. The second kappa shape index (κ2) is 5.48. The maximum Gasteiger partial charge on any atom is 0.279 e. The normalized spacial score (nSPS) is 25.5. The smallest absolute Gasteiger partial charge is 0.279 e. The highest BCUT2D eigenvalue weighted by atomic mass is 32.2. The molecule has 1 aromatic rings. The fraction of sp³-hybridized carbons (Fsp3) is 0.538. The Labute approximate surface area is 115 Å². The summed E-state index contributed by atoms with van der Waals surface area (Å²) in [7, 11) is -1.88. The van der Waals surface area contributed by atoms with Gasteiger partial charge in [0.05, 0.1) is 0 Å². The number of nitrogens with one attached hydrogen (secondary N) is 1. The zero-order valence-electron chi connectivity index (χ0n) is 11.6. The lowest BCUT2D eigenvalue weighted by Gasteiger charge is -2.45. The maximum absolute atomic E-state index is 11.9. The molecule has 0 aliphatic carbocycles. The van der Waals surface area contributed by atoms with Crippen molar-refractivity contribution in [1.82, 2.24) is 9.03 Å². The molecule has 1 fully saturated rings. The molecular formula is C13H21N3O2S. The van der Waals surface area contributed by atoms with Gasteiger partial charge < -0.3 is 4.90 Å². The first-order valence-electron chi connectivity index (χ1n) is 6.47. The van der Waals surface area contributed by atoms with E-state index in [1.54, 1.807) is 0 Å². The van der Waals surface area contributed by atoms with Crippen LogP contribution in [0.5, 0.6) is 0 Å². The quantitative estimate of drug-likeness (QED) is 0.902. The average Bonchev–Trinajstić information content (AvgIpc) is 2.39. The second-order valence-electron chi connectivity index (χ2n) is 4.97. The van der Waals surface area contributed by atoms with Crippen LogP contribution in [-0.2, 0) is 10.2 Å². The molecule has 0 radical (unpaired) electrons. The Morgan fingerprint density at radius 3 is 2.11 bits per heavy atom. The van der Waals surface area contributed by atoms with Crippen LogP contribution in [0.4, 0.5) is 5.69 Å². The van der Waals surface area contributed by atoms with Gasteiger partial charge in [-0.25, -0.2) is 4.72 Å². The predicted octanol–water partition coefficient (Wildman–Crippen LogP) is 1.05. The van der Waals surface area contributed by atoms with E-state index in [2.05, 4.69) is 35.6 Å². The van der Waals surface area contributed by atoms with E-state index < -0.39 is 10.2 Å². The van der Waals surface area contributed by atoms with Gasteiger partial charge in [0.25, 0.3) is 10.2 Å². The van der Waals surface area contributed by atoms with Gasteiger partial charge in [-0.15, -0.1) is 0 Å². The molecule has 1 heterocycles. The van der Waals surface area contributed by atoms with Crippen molar-refractivity contribution in [2.75, 3.05) is 25.0 Å². The summed E-state index contributed by atoms with van der Waals surface area (Å²) < 4.78 is 27.7. The van der Waals surface area contributed by atoms with Gasteiger partial charge in [-0.1, -0.05) is 18.2 Å². The molecule has 0 saturated carbocycles. The molecule has 0 amide bonds. The first-order valence-corrected chi connectivity index (χ1v) is 7.91.